The Morgan fingerprint density at radius 1 is 1.30 bits per heavy atom. The van der Waals surface area contributed by atoms with Crippen molar-refractivity contribution in [3.63, 3.8) is 0 Å². The molecule has 0 fully saturated rings. The number of ketones is 1. The highest BCUT2D eigenvalue weighted by Gasteiger charge is 2.34. The zero-order valence-electron chi connectivity index (χ0n) is 10.8. The standard InChI is InChI=1S/C15H12ClINOS/c1-18(9-10-2-4-11(16)5-3-10)7-6-13(19)12-8-14(17)20-15(12)18/h2-8H,9H2,1H3/q+1. The summed E-state index contributed by atoms with van der Waals surface area (Å²) >= 11 is 9.89. The maximum Gasteiger partial charge on any atom is 0.205 e. The Bertz CT molecular complexity index is 707. The summed E-state index contributed by atoms with van der Waals surface area (Å²) in [6, 6.07) is 9.86. The van der Waals surface area contributed by atoms with Gasteiger partial charge in [-0.15, -0.1) is 0 Å². The maximum atomic E-state index is 12.0. The summed E-state index contributed by atoms with van der Waals surface area (Å²) in [6.45, 7) is 0.810. The Kier molecular flexibility index (Phi) is 3.75. The van der Waals surface area contributed by atoms with Crippen LogP contribution in [0.15, 0.2) is 42.6 Å². The van der Waals surface area contributed by atoms with Crippen LogP contribution in [0.25, 0.3) is 0 Å². The Balaban J connectivity index is 2.01. The Hall–Kier alpha value is -0.690. The van der Waals surface area contributed by atoms with E-state index in [1.165, 1.54) is 5.56 Å². The number of benzene rings is 1. The van der Waals surface area contributed by atoms with Gasteiger partial charge in [-0.05, 0) is 40.8 Å². The predicted octanol–water partition coefficient (Wildman–Crippen LogP) is 4.85. The van der Waals surface area contributed by atoms with Crippen LogP contribution in [-0.4, -0.2) is 12.8 Å². The highest BCUT2D eigenvalue weighted by Crippen LogP contribution is 2.40. The average molecular weight is 417 g/mol. The topological polar surface area (TPSA) is 17.1 Å². The van der Waals surface area contributed by atoms with Crippen LogP contribution in [0.4, 0.5) is 5.00 Å². The molecule has 0 spiro atoms. The van der Waals surface area contributed by atoms with E-state index in [1.807, 2.05) is 36.5 Å². The predicted molar refractivity (Wildman–Crippen MR) is 93.4 cm³/mol. The minimum Gasteiger partial charge on any atom is -0.289 e. The van der Waals surface area contributed by atoms with Gasteiger partial charge >= 0.3 is 0 Å². The van der Waals surface area contributed by atoms with Gasteiger partial charge in [-0.2, -0.15) is 0 Å². The van der Waals surface area contributed by atoms with Crippen molar-refractivity contribution in [2.24, 2.45) is 0 Å². The van der Waals surface area contributed by atoms with Gasteiger partial charge in [0.25, 0.3) is 0 Å². The van der Waals surface area contributed by atoms with Gasteiger partial charge in [-0.1, -0.05) is 35.1 Å². The van der Waals surface area contributed by atoms with Gasteiger partial charge in [-0.25, -0.2) is 0 Å². The fraction of sp³-hybridized carbons (Fsp3) is 0.133. The molecule has 1 aliphatic heterocycles. The third-order valence-electron chi connectivity index (χ3n) is 3.39. The summed E-state index contributed by atoms with van der Waals surface area (Å²) in [7, 11) is 2.13. The number of allylic oxidation sites excluding steroid dienone is 1. The second-order valence-corrected chi connectivity index (χ2v) is 8.36. The molecule has 2 aromatic rings. The molecule has 5 heteroatoms. The van der Waals surface area contributed by atoms with Crippen LogP contribution < -0.4 is 4.48 Å². The lowest BCUT2D eigenvalue weighted by Gasteiger charge is -2.31. The van der Waals surface area contributed by atoms with Crippen molar-refractivity contribution in [3.8, 4) is 0 Å². The number of nitrogens with zero attached hydrogens (tertiary/aromatic N) is 1. The molecule has 1 unspecified atom stereocenters. The zero-order chi connectivity index (χ0) is 14.3. The lowest BCUT2D eigenvalue weighted by atomic mass is 10.1. The summed E-state index contributed by atoms with van der Waals surface area (Å²) in [5, 5.41) is 1.85. The summed E-state index contributed by atoms with van der Waals surface area (Å²) in [4.78, 5) is 12.0. The van der Waals surface area contributed by atoms with Crippen LogP contribution in [0.5, 0.6) is 0 Å². The number of rotatable bonds is 2. The third kappa shape index (κ3) is 2.57. The van der Waals surface area contributed by atoms with E-state index < -0.39 is 0 Å². The summed E-state index contributed by atoms with van der Waals surface area (Å²) in [6.07, 6.45) is 3.66. The first kappa shape index (κ1) is 14.3. The van der Waals surface area contributed by atoms with E-state index in [0.717, 1.165) is 25.0 Å². The molecule has 0 amide bonds. The number of carbonyl (C=O) groups is 1. The van der Waals surface area contributed by atoms with Gasteiger partial charge in [0.2, 0.25) is 5.00 Å². The first-order valence-electron chi connectivity index (χ1n) is 6.11. The fourth-order valence-electron chi connectivity index (χ4n) is 2.39. The van der Waals surface area contributed by atoms with Crippen LogP contribution in [0.3, 0.4) is 0 Å². The second kappa shape index (κ2) is 5.26. The molecule has 2 heterocycles. The number of hydrogen-bond donors (Lipinski definition) is 0. The van der Waals surface area contributed by atoms with E-state index in [-0.39, 0.29) is 5.78 Å². The highest BCUT2D eigenvalue weighted by molar-refractivity contribution is 14.1. The molecule has 0 saturated heterocycles. The van der Waals surface area contributed by atoms with Crippen LogP contribution in [0.1, 0.15) is 15.9 Å². The molecule has 1 aromatic heterocycles. The van der Waals surface area contributed by atoms with Crippen LogP contribution in [0, 0.1) is 2.88 Å². The molecule has 0 bridgehead atoms. The molecule has 20 heavy (non-hydrogen) atoms. The molecule has 3 rings (SSSR count). The minimum absolute atomic E-state index is 0.103. The zero-order valence-corrected chi connectivity index (χ0v) is 14.5. The molecular weight excluding hydrogens is 405 g/mol. The highest BCUT2D eigenvalue weighted by atomic mass is 127. The van der Waals surface area contributed by atoms with Crippen LogP contribution in [0.2, 0.25) is 5.02 Å². The number of halogens is 2. The SMILES string of the molecule is C[N+]1(Cc2ccc(Cl)cc2)C=CC(=O)c2cc(I)sc21. The Morgan fingerprint density at radius 3 is 2.70 bits per heavy atom. The molecule has 1 aromatic carbocycles. The molecule has 102 valence electrons. The maximum absolute atomic E-state index is 12.0. The summed E-state index contributed by atoms with van der Waals surface area (Å²) in [5.74, 6) is 0.103. The van der Waals surface area contributed by atoms with Crippen molar-refractivity contribution in [3.05, 3.63) is 61.6 Å². The van der Waals surface area contributed by atoms with Crippen molar-refractivity contribution in [1.29, 1.82) is 0 Å². The van der Waals surface area contributed by atoms with Crippen molar-refractivity contribution in [1.82, 2.24) is 4.48 Å². The summed E-state index contributed by atoms with van der Waals surface area (Å²) < 4.78 is 1.77. The number of quaternary nitrogens is 1. The lowest BCUT2D eigenvalue weighted by molar-refractivity contribution is 0.104. The molecule has 0 saturated carbocycles. The van der Waals surface area contributed by atoms with E-state index in [4.69, 9.17) is 11.6 Å². The monoisotopic (exact) mass is 416 g/mol. The quantitative estimate of drug-likeness (QED) is 0.505. The third-order valence-corrected chi connectivity index (χ3v) is 5.76. The van der Waals surface area contributed by atoms with E-state index >= 15 is 0 Å². The van der Waals surface area contributed by atoms with Gasteiger partial charge < -0.3 is 0 Å². The van der Waals surface area contributed by atoms with Gasteiger partial charge in [-0.3, -0.25) is 9.28 Å². The van der Waals surface area contributed by atoms with Crippen LogP contribution in [-0.2, 0) is 6.54 Å². The summed E-state index contributed by atoms with van der Waals surface area (Å²) in [5.41, 5.74) is 2.03. The molecule has 1 aliphatic rings. The number of thiophene rings is 1. The van der Waals surface area contributed by atoms with E-state index in [1.54, 1.807) is 17.4 Å². The van der Waals surface area contributed by atoms with Crippen LogP contribution >= 0.6 is 45.5 Å². The van der Waals surface area contributed by atoms with E-state index in [0.29, 0.717) is 4.48 Å². The number of hydrogen-bond acceptors (Lipinski definition) is 2. The van der Waals surface area contributed by atoms with Gasteiger partial charge in [0.15, 0.2) is 5.78 Å². The second-order valence-electron chi connectivity index (χ2n) is 5.00. The van der Waals surface area contributed by atoms with E-state index in [2.05, 4.69) is 29.6 Å². The van der Waals surface area contributed by atoms with Gasteiger partial charge in [0.1, 0.15) is 12.7 Å². The van der Waals surface area contributed by atoms with Gasteiger partial charge in [0, 0.05) is 16.7 Å². The normalized spacial score (nSPS) is 21.1. The van der Waals surface area contributed by atoms with Crippen molar-refractivity contribution in [2.75, 3.05) is 7.05 Å². The molecule has 1 atom stereocenters. The first-order valence-corrected chi connectivity index (χ1v) is 8.38. The lowest BCUT2D eigenvalue weighted by Crippen LogP contribution is -2.40. The number of fused-ring (bicyclic) bond motifs is 1. The van der Waals surface area contributed by atoms with Crippen molar-refractivity contribution < 1.29 is 4.79 Å². The first-order chi connectivity index (χ1) is 9.48. The van der Waals surface area contributed by atoms with Gasteiger partial charge in [0.05, 0.1) is 15.5 Å². The molecule has 2 nitrogen and oxygen atoms in total. The largest absolute Gasteiger partial charge is 0.289 e. The minimum atomic E-state index is 0.103. The molecule has 0 aliphatic carbocycles. The molecule has 0 radical (unpaired) electrons. The Morgan fingerprint density at radius 2 is 2.00 bits per heavy atom. The Labute approximate surface area is 140 Å². The van der Waals surface area contributed by atoms with Crippen molar-refractivity contribution >= 4 is 56.3 Å². The number of carbonyl (C=O) groups excluding carboxylic acids is 1. The molecule has 0 N–H and O–H groups in total. The average Bonchev–Trinajstić information content (AvgIpc) is 2.81. The fourth-order valence-corrected chi connectivity index (χ4v) is 4.42. The van der Waals surface area contributed by atoms with Crippen molar-refractivity contribution in [2.45, 2.75) is 6.54 Å². The smallest absolute Gasteiger partial charge is 0.205 e. The van der Waals surface area contributed by atoms with E-state index in [9.17, 15) is 4.79 Å². The molecular formula is C15H12ClINOS+.